The Morgan fingerprint density at radius 3 is 2.67 bits per heavy atom. The van der Waals surface area contributed by atoms with Gasteiger partial charge in [0.2, 0.25) is 0 Å². The highest BCUT2D eigenvalue weighted by Crippen LogP contribution is 2.39. The molecule has 0 atom stereocenters. The van der Waals surface area contributed by atoms with Gasteiger partial charge in [0.1, 0.15) is 0 Å². The summed E-state index contributed by atoms with van der Waals surface area (Å²) in [4.78, 5) is 1.32. The summed E-state index contributed by atoms with van der Waals surface area (Å²) in [7, 11) is 0. The molecule has 0 radical (unpaired) electrons. The number of thiophene rings is 1. The average molecular weight is 289 g/mol. The zero-order valence-corrected chi connectivity index (χ0v) is 12.4. The smallest absolute Gasteiger partial charge is 0.0581 e. The van der Waals surface area contributed by atoms with E-state index in [0.717, 1.165) is 12.1 Å². The maximum atomic E-state index is 6.12. The van der Waals surface area contributed by atoms with Crippen LogP contribution < -0.4 is 5.73 Å². The van der Waals surface area contributed by atoms with Crippen LogP contribution in [0.3, 0.4) is 0 Å². The molecule has 102 valence electrons. The molecule has 0 unspecified atom stereocenters. The molecular weight excluding hydrogens is 274 g/mol. The molecule has 0 saturated heterocycles. The van der Waals surface area contributed by atoms with Crippen molar-refractivity contribution in [2.75, 3.05) is 5.73 Å². The first-order valence-corrected chi connectivity index (χ1v) is 7.87. The lowest BCUT2D eigenvalue weighted by molar-refractivity contribution is 1.33. The summed E-state index contributed by atoms with van der Waals surface area (Å²) < 4.78 is 1.21. The topological polar surface area (TPSA) is 26.0 Å². The summed E-state index contributed by atoms with van der Waals surface area (Å²) in [6.07, 6.45) is 7.53. The standard InChI is InChI=1S/C19H15NS/c20-17-10-5-9-15-16-12-14(13-6-2-1-3-7-13)8-4-11-18(16)21-19(15)17/h1-11H,12,20H2. The van der Waals surface area contributed by atoms with Crippen molar-refractivity contribution in [3.63, 3.8) is 0 Å². The summed E-state index contributed by atoms with van der Waals surface area (Å²) in [5, 5.41) is 1.29. The van der Waals surface area contributed by atoms with Gasteiger partial charge in [-0.3, -0.25) is 0 Å². The number of hydrogen-bond donors (Lipinski definition) is 1. The first-order valence-electron chi connectivity index (χ1n) is 7.05. The van der Waals surface area contributed by atoms with E-state index in [1.54, 1.807) is 11.3 Å². The van der Waals surface area contributed by atoms with Crippen LogP contribution in [0.4, 0.5) is 5.69 Å². The number of fused-ring (bicyclic) bond motifs is 3. The molecule has 2 heteroatoms. The second-order valence-electron chi connectivity index (χ2n) is 5.26. The predicted octanol–water partition coefficient (Wildman–Crippen LogP) is 5.14. The van der Waals surface area contributed by atoms with Gasteiger partial charge in [-0.25, -0.2) is 0 Å². The van der Waals surface area contributed by atoms with Gasteiger partial charge < -0.3 is 5.73 Å². The van der Waals surface area contributed by atoms with E-state index in [4.69, 9.17) is 5.73 Å². The monoisotopic (exact) mass is 289 g/mol. The van der Waals surface area contributed by atoms with Gasteiger partial charge in [0, 0.05) is 17.0 Å². The Balaban J connectivity index is 1.88. The zero-order valence-electron chi connectivity index (χ0n) is 11.5. The van der Waals surface area contributed by atoms with Crippen LogP contribution in [0.25, 0.3) is 21.7 Å². The Hall–Kier alpha value is -2.32. The molecule has 0 bridgehead atoms. The van der Waals surface area contributed by atoms with Crippen molar-refractivity contribution in [1.29, 1.82) is 0 Å². The molecule has 0 spiro atoms. The third kappa shape index (κ3) is 2.08. The Bertz CT molecular complexity index is 869. The molecule has 0 aliphatic heterocycles. The van der Waals surface area contributed by atoms with Crippen LogP contribution >= 0.6 is 11.3 Å². The highest BCUT2D eigenvalue weighted by molar-refractivity contribution is 7.20. The minimum atomic E-state index is 0.879. The lowest BCUT2D eigenvalue weighted by atomic mass is 9.97. The molecule has 0 amide bonds. The van der Waals surface area contributed by atoms with E-state index < -0.39 is 0 Å². The number of hydrogen-bond acceptors (Lipinski definition) is 2. The molecule has 0 fully saturated rings. The third-order valence-electron chi connectivity index (χ3n) is 3.94. The van der Waals surface area contributed by atoms with E-state index in [9.17, 15) is 0 Å². The molecule has 1 aliphatic carbocycles. The van der Waals surface area contributed by atoms with Crippen molar-refractivity contribution in [1.82, 2.24) is 0 Å². The van der Waals surface area contributed by atoms with Crippen molar-refractivity contribution in [2.45, 2.75) is 6.42 Å². The van der Waals surface area contributed by atoms with Gasteiger partial charge in [-0.2, -0.15) is 0 Å². The molecular formula is C19H15NS. The fourth-order valence-electron chi connectivity index (χ4n) is 2.88. The molecule has 21 heavy (non-hydrogen) atoms. The predicted molar refractivity (Wildman–Crippen MR) is 93.4 cm³/mol. The minimum absolute atomic E-state index is 0.879. The highest BCUT2D eigenvalue weighted by Gasteiger charge is 2.15. The number of nitrogen functional groups attached to an aromatic ring is 1. The molecule has 3 aromatic rings. The van der Waals surface area contributed by atoms with Crippen molar-refractivity contribution in [3.05, 3.63) is 76.7 Å². The van der Waals surface area contributed by atoms with Crippen molar-refractivity contribution in [2.24, 2.45) is 0 Å². The van der Waals surface area contributed by atoms with Gasteiger partial charge >= 0.3 is 0 Å². The van der Waals surface area contributed by atoms with Crippen LogP contribution in [0, 0.1) is 0 Å². The molecule has 1 aromatic heterocycles. The maximum absolute atomic E-state index is 6.12. The summed E-state index contributed by atoms with van der Waals surface area (Å²) >= 11 is 1.79. The second-order valence-corrected chi connectivity index (χ2v) is 6.31. The van der Waals surface area contributed by atoms with Gasteiger partial charge in [0.25, 0.3) is 0 Å². The van der Waals surface area contributed by atoms with Crippen molar-refractivity contribution < 1.29 is 0 Å². The van der Waals surface area contributed by atoms with Gasteiger partial charge in [-0.1, -0.05) is 54.6 Å². The molecule has 2 aromatic carbocycles. The van der Waals surface area contributed by atoms with Gasteiger partial charge in [0.05, 0.1) is 4.70 Å². The summed E-state index contributed by atoms with van der Waals surface area (Å²) in [5.74, 6) is 0. The van der Waals surface area contributed by atoms with Crippen LogP contribution in [-0.4, -0.2) is 0 Å². The first-order chi connectivity index (χ1) is 10.3. The molecule has 4 rings (SSSR count). The Morgan fingerprint density at radius 2 is 1.81 bits per heavy atom. The molecule has 2 N–H and O–H groups in total. The van der Waals surface area contributed by atoms with Crippen LogP contribution in [-0.2, 0) is 6.42 Å². The van der Waals surface area contributed by atoms with Gasteiger partial charge in [0.15, 0.2) is 0 Å². The summed E-state index contributed by atoms with van der Waals surface area (Å²) in [6, 6.07) is 16.8. The fourth-order valence-corrected chi connectivity index (χ4v) is 4.04. The summed E-state index contributed by atoms with van der Waals surface area (Å²) in [5.41, 5.74) is 11.0. The quantitative estimate of drug-likeness (QED) is 0.617. The SMILES string of the molecule is Nc1cccc2c3c(sc12)C=CC=C(c1ccccc1)C3. The molecule has 1 aliphatic rings. The summed E-state index contributed by atoms with van der Waals surface area (Å²) in [6.45, 7) is 0. The Kier molecular flexibility index (Phi) is 2.90. The Labute approximate surface area is 128 Å². The van der Waals surface area contributed by atoms with E-state index in [0.29, 0.717) is 0 Å². The minimum Gasteiger partial charge on any atom is -0.398 e. The number of rotatable bonds is 1. The van der Waals surface area contributed by atoms with Gasteiger partial charge in [-0.15, -0.1) is 11.3 Å². The largest absolute Gasteiger partial charge is 0.398 e. The third-order valence-corrected chi connectivity index (χ3v) is 5.20. The molecule has 1 heterocycles. The lowest BCUT2D eigenvalue weighted by Gasteiger charge is -2.07. The van der Waals surface area contributed by atoms with E-state index in [1.165, 1.54) is 31.7 Å². The van der Waals surface area contributed by atoms with E-state index in [2.05, 4.69) is 54.6 Å². The van der Waals surface area contributed by atoms with E-state index >= 15 is 0 Å². The lowest BCUT2D eigenvalue weighted by Crippen LogP contribution is -1.91. The fraction of sp³-hybridized carbons (Fsp3) is 0.0526. The number of benzene rings is 2. The van der Waals surface area contributed by atoms with Crippen LogP contribution in [0.1, 0.15) is 16.0 Å². The van der Waals surface area contributed by atoms with E-state index in [-0.39, 0.29) is 0 Å². The van der Waals surface area contributed by atoms with Gasteiger partial charge in [-0.05, 0) is 34.2 Å². The second kappa shape index (κ2) is 4.90. The zero-order chi connectivity index (χ0) is 14.2. The molecule has 0 saturated carbocycles. The Morgan fingerprint density at radius 1 is 0.952 bits per heavy atom. The van der Waals surface area contributed by atoms with E-state index in [1.807, 2.05) is 12.1 Å². The van der Waals surface area contributed by atoms with Crippen molar-refractivity contribution in [3.8, 4) is 0 Å². The maximum Gasteiger partial charge on any atom is 0.0581 e. The van der Waals surface area contributed by atoms with Crippen LogP contribution in [0.15, 0.2) is 60.7 Å². The van der Waals surface area contributed by atoms with Crippen molar-refractivity contribution >= 4 is 38.8 Å². The number of allylic oxidation sites excluding steroid dienone is 3. The first kappa shape index (κ1) is 12.4. The van der Waals surface area contributed by atoms with Crippen LogP contribution in [0.5, 0.6) is 0 Å². The molecule has 1 nitrogen and oxygen atoms in total. The number of nitrogens with two attached hydrogens (primary N) is 1. The normalized spacial score (nSPS) is 13.8. The average Bonchev–Trinajstić information content (AvgIpc) is 2.74. The highest BCUT2D eigenvalue weighted by atomic mass is 32.1. The number of anilines is 1. The van der Waals surface area contributed by atoms with Crippen LogP contribution in [0.2, 0.25) is 0 Å².